The third-order valence-electron chi connectivity index (χ3n) is 3.88. The Balaban J connectivity index is 1.99. The highest BCUT2D eigenvalue weighted by Crippen LogP contribution is 2.21. The van der Waals surface area contributed by atoms with Gasteiger partial charge in [0, 0.05) is 19.8 Å². The van der Waals surface area contributed by atoms with Gasteiger partial charge in [-0.1, -0.05) is 0 Å². The quantitative estimate of drug-likeness (QED) is 0.799. The van der Waals surface area contributed by atoms with E-state index in [1.165, 1.54) is 0 Å². The number of nitrogens with one attached hydrogen (secondary N) is 1. The van der Waals surface area contributed by atoms with Gasteiger partial charge in [-0.2, -0.15) is 0 Å². The average Bonchev–Trinajstić information content (AvgIpc) is 2.79. The first kappa shape index (κ1) is 13.3. The van der Waals surface area contributed by atoms with Crippen molar-refractivity contribution in [1.82, 2.24) is 10.2 Å². The van der Waals surface area contributed by atoms with Crippen LogP contribution in [0.4, 0.5) is 0 Å². The molecule has 0 bridgehead atoms. The van der Waals surface area contributed by atoms with Gasteiger partial charge in [-0.25, -0.2) is 0 Å². The van der Waals surface area contributed by atoms with Gasteiger partial charge in [0.25, 0.3) is 0 Å². The highest BCUT2D eigenvalue weighted by molar-refractivity contribution is 5.99. The first-order valence-corrected chi connectivity index (χ1v) is 6.62. The summed E-state index contributed by atoms with van der Waals surface area (Å²) >= 11 is 0. The zero-order chi connectivity index (χ0) is 13.3. The summed E-state index contributed by atoms with van der Waals surface area (Å²) in [5, 5.41) is 2.76. The lowest BCUT2D eigenvalue weighted by Crippen LogP contribution is -2.67. The van der Waals surface area contributed by atoms with E-state index in [2.05, 4.69) is 5.32 Å². The third-order valence-corrected chi connectivity index (χ3v) is 3.88. The van der Waals surface area contributed by atoms with Gasteiger partial charge in [0.1, 0.15) is 11.6 Å². The van der Waals surface area contributed by atoms with Gasteiger partial charge in [-0.05, 0) is 39.5 Å². The Morgan fingerprint density at radius 2 is 2.17 bits per heavy atom. The molecular formula is C13H22N2O3. The number of amides is 2. The molecule has 0 aromatic rings. The van der Waals surface area contributed by atoms with E-state index in [-0.39, 0.29) is 17.9 Å². The van der Waals surface area contributed by atoms with Crippen molar-refractivity contribution < 1.29 is 14.3 Å². The molecule has 0 radical (unpaired) electrons. The van der Waals surface area contributed by atoms with Crippen molar-refractivity contribution in [1.29, 1.82) is 0 Å². The molecule has 2 fully saturated rings. The standard InChI is InChI=1S/C13H22N2O3/c1-9-11(16)14-13(2,3)12(17)15(9)6-4-10-5-7-18-8-10/h9-10H,4-8H2,1-3H3,(H,14,16). The summed E-state index contributed by atoms with van der Waals surface area (Å²) in [5.41, 5.74) is -0.782. The fraction of sp³-hybridized carbons (Fsp3) is 0.846. The van der Waals surface area contributed by atoms with Crippen LogP contribution in [0.25, 0.3) is 0 Å². The van der Waals surface area contributed by atoms with E-state index >= 15 is 0 Å². The Morgan fingerprint density at radius 1 is 1.44 bits per heavy atom. The molecule has 2 rings (SSSR count). The number of hydrogen-bond donors (Lipinski definition) is 1. The van der Waals surface area contributed by atoms with Crippen LogP contribution in [0, 0.1) is 5.92 Å². The number of carbonyl (C=O) groups excluding carboxylic acids is 2. The topological polar surface area (TPSA) is 58.6 Å². The largest absolute Gasteiger partial charge is 0.381 e. The van der Waals surface area contributed by atoms with Crippen LogP contribution in [0.3, 0.4) is 0 Å². The molecule has 0 aromatic carbocycles. The number of piperazine rings is 1. The van der Waals surface area contributed by atoms with Gasteiger partial charge in [0.15, 0.2) is 0 Å². The Bertz CT molecular complexity index is 348. The van der Waals surface area contributed by atoms with E-state index in [0.29, 0.717) is 12.5 Å². The molecule has 2 amide bonds. The third kappa shape index (κ3) is 2.51. The summed E-state index contributed by atoms with van der Waals surface area (Å²) in [7, 11) is 0. The summed E-state index contributed by atoms with van der Waals surface area (Å²) in [6.07, 6.45) is 1.98. The van der Waals surface area contributed by atoms with Crippen LogP contribution < -0.4 is 5.32 Å². The maximum atomic E-state index is 12.3. The lowest BCUT2D eigenvalue weighted by Gasteiger charge is -2.41. The molecule has 2 aliphatic rings. The van der Waals surface area contributed by atoms with E-state index < -0.39 is 5.54 Å². The molecule has 2 heterocycles. The van der Waals surface area contributed by atoms with E-state index in [4.69, 9.17) is 4.74 Å². The summed E-state index contributed by atoms with van der Waals surface area (Å²) in [4.78, 5) is 25.8. The summed E-state index contributed by atoms with van der Waals surface area (Å²) in [6, 6.07) is -0.368. The zero-order valence-electron chi connectivity index (χ0n) is 11.4. The molecule has 18 heavy (non-hydrogen) atoms. The zero-order valence-corrected chi connectivity index (χ0v) is 11.4. The van der Waals surface area contributed by atoms with Gasteiger partial charge in [0.05, 0.1) is 0 Å². The van der Waals surface area contributed by atoms with Crippen LogP contribution in [0.1, 0.15) is 33.6 Å². The first-order chi connectivity index (χ1) is 8.42. The molecule has 2 unspecified atom stereocenters. The molecule has 0 aromatic heterocycles. The molecule has 5 nitrogen and oxygen atoms in total. The van der Waals surface area contributed by atoms with Gasteiger partial charge < -0.3 is 15.0 Å². The van der Waals surface area contributed by atoms with Gasteiger partial charge >= 0.3 is 0 Å². The summed E-state index contributed by atoms with van der Waals surface area (Å²) in [5.74, 6) is 0.467. The predicted molar refractivity (Wildman–Crippen MR) is 66.9 cm³/mol. The van der Waals surface area contributed by atoms with Crippen molar-refractivity contribution in [2.45, 2.75) is 45.2 Å². The number of rotatable bonds is 3. The monoisotopic (exact) mass is 254 g/mol. The van der Waals surface area contributed by atoms with Crippen LogP contribution in [-0.2, 0) is 14.3 Å². The summed E-state index contributed by atoms with van der Waals surface area (Å²) < 4.78 is 5.33. The number of nitrogens with zero attached hydrogens (tertiary/aromatic N) is 1. The van der Waals surface area contributed by atoms with Crippen LogP contribution in [0.15, 0.2) is 0 Å². The van der Waals surface area contributed by atoms with E-state index in [0.717, 1.165) is 26.1 Å². The minimum Gasteiger partial charge on any atom is -0.381 e. The Kier molecular flexibility index (Phi) is 3.61. The van der Waals surface area contributed by atoms with E-state index in [1.54, 1.807) is 25.7 Å². The second kappa shape index (κ2) is 4.88. The highest BCUT2D eigenvalue weighted by atomic mass is 16.5. The van der Waals surface area contributed by atoms with Crippen molar-refractivity contribution in [2.24, 2.45) is 5.92 Å². The molecule has 2 atom stereocenters. The van der Waals surface area contributed by atoms with E-state index in [1.807, 2.05) is 0 Å². The fourth-order valence-corrected chi connectivity index (χ4v) is 2.57. The minimum atomic E-state index is -0.782. The van der Waals surface area contributed by atoms with Crippen LogP contribution >= 0.6 is 0 Å². The lowest BCUT2D eigenvalue weighted by molar-refractivity contribution is -0.152. The molecule has 2 aliphatic heterocycles. The number of hydrogen-bond acceptors (Lipinski definition) is 3. The molecule has 102 valence electrons. The first-order valence-electron chi connectivity index (χ1n) is 6.62. The van der Waals surface area contributed by atoms with Crippen molar-refractivity contribution in [3.63, 3.8) is 0 Å². The second-order valence-corrected chi connectivity index (χ2v) is 5.81. The number of carbonyl (C=O) groups is 2. The normalized spacial score (nSPS) is 31.6. The fourth-order valence-electron chi connectivity index (χ4n) is 2.57. The Labute approximate surface area is 108 Å². The van der Waals surface area contributed by atoms with Crippen molar-refractivity contribution >= 4 is 11.8 Å². The van der Waals surface area contributed by atoms with Crippen molar-refractivity contribution in [3.05, 3.63) is 0 Å². The SMILES string of the molecule is CC1C(=O)NC(C)(C)C(=O)N1CCC1CCOC1. The molecule has 1 N–H and O–H groups in total. The van der Waals surface area contributed by atoms with Crippen LogP contribution in [0.2, 0.25) is 0 Å². The highest BCUT2D eigenvalue weighted by Gasteiger charge is 2.43. The minimum absolute atomic E-state index is 0.00788. The molecule has 0 saturated carbocycles. The Hall–Kier alpha value is -1.10. The maximum Gasteiger partial charge on any atom is 0.248 e. The lowest BCUT2D eigenvalue weighted by atomic mass is 9.96. The molecule has 2 saturated heterocycles. The molecule has 5 heteroatoms. The van der Waals surface area contributed by atoms with E-state index in [9.17, 15) is 9.59 Å². The smallest absolute Gasteiger partial charge is 0.248 e. The van der Waals surface area contributed by atoms with Gasteiger partial charge in [0.2, 0.25) is 11.8 Å². The van der Waals surface area contributed by atoms with Crippen LogP contribution in [0.5, 0.6) is 0 Å². The molecular weight excluding hydrogens is 232 g/mol. The van der Waals surface area contributed by atoms with Crippen molar-refractivity contribution in [3.8, 4) is 0 Å². The average molecular weight is 254 g/mol. The predicted octanol–water partition coefficient (Wildman–Crippen LogP) is 0.538. The number of ether oxygens (including phenoxy) is 1. The molecule has 0 spiro atoms. The van der Waals surface area contributed by atoms with Crippen molar-refractivity contribution in [2.75, 3.05) is 19.8 Å². The Morgan fingerprint density at radius 3 is 2.78 bits per heavy atom. The maximum absolute atomic E-state index is 12.3. The van der Waals surface area contributed by atoms with Crippen LogP contribution in [-0.4, -0.2) is 48.1 Å². The van der Waals surface area contributed by atoms with Gasteiger partial charge in [-0.3, -0.25) is 9.59 Å². The summed E-state index contributed by atoms with van der Waals surface area (Å²) in [6.45, 7) is 7.54. The second-order valence-electron chi connectivity index (χ2n) is 5.81. The van der Waals surface area contributed by atoms with Gasteiger partial charge in [-0.15, -0.1) is 0 Å². The molecule has 0 aliphatic carbocycles.